The minimum atomic E-state index is -0.899. The first kappa shape index (κ1) is 25.2. The maximum Gasteiger partial charge on any atom is 0.300 e. The zero-order valence-electron chi connectivity index (χ0n) is 21.1. The Bertz CT molecular complexity index is 1320. The number of aliphatic hydroxyl groups excluding tert-OH is 1. The van der Waals surface area contributed by atoms with Crippen LogP contribution < -0.4 is 9.64 Å². The summed E-state index contributed by atoms with van der Waals surface area (Å²) in [6.45, 7) is 8.30. The minimum Gasteiger partial charge on any atom is -0.507 e. The van der Waals surface area contributed by atoms with Gasteiger partial charge in [0.15, 0.2) is 0 Å². The second-order valence-electron chi connectivity index (χ2n) is 9.58. The molecule has 0 spiro atoms. The van der Waals surface area contributed by atoms with Crippen LogP contribution in [-0.2, 0) is 9.59 Å². The molecule has 1 amide bonds. The van der Waals surface area contributed by atoms with E-state index in [0.29, 0.717) is 23.1 Å². The van der Waals surface area contributed by atoms with E-state index < -0.39 is 29.3 Å². The van der Waals surface area contributed by atoms with Crippen LogP contribution >= 0.6 is 0 Å². The van der Waals surface area contributed by atoms with Gasteiger partial charge in [-0.15, -0.1) is 0 Å². The highest BCUT2D eigenvalue weighted by Gasteiger charge is 2.47. The topological polar surface area (TPSA) is 66.8 Å². The van der Waals surface area contributed by atoms with Crippen LogP contribution in [0.1, 0.15) is 67.8 Å². The molecule has 3 aromatic rings. The highest BCUT2D eigenvalue weighted by Crippen LogP contribution is 2.43. The predicted octanol–water partition coefficient (Wildman–Crippen LogP) is 6.71. The van der Waals surface area contributed by atoms with Gasteiger partial charge in [-0.3, -0.25) is 14.5 Å². The lowest BCUT2D eigenvalue weighted by Gasteiger charge is -2.26. The Morgan fingerprint density at radius 3 is 1.97 bits per heavy atom. The molecule has 0 radical (unpaired) electrons. The second-order valence-corrected chi connectivity index (χ2v) is 9.58. The van der Waals surface area contributed by atoms with Gasteiger partial charge in [0.1, 0.15) is 17.3 Å². The number of amides is 1. The number of Topliss-reactive ketones (excluding diaryl/α,β-unsaturated/α-hetero) is 1. The number of ether oxygens (including phenoxy) is 1. The predicted molar refractivity (Wildman–Crippen MR) is 139 cm³/mol. The van der Waals surface area contributed by atoms with Crippen molar-refractivity contribution in [3.63, 3.8) is 0 Å². The van der Waals surface area contributed by atoms with Gasteiger partial charge < -0.3 is 9.84 Å². The fourth-order valence-electron chi connectivity index (χ4n) is 4.51. The number of anilines is 1. The molecule has 4 rings (SSSR count). The molecular weight excluding hydrogens is 457 g/mol. The van der Waals surface area contributed by atoms with Crippen LogP contribution in [0.25, 0.3) is 5.76 Å². The van der Waals surface area contributed by atoms with Gasteiger partial charge in [0.25, 0.3) is 11.7 Å². The van der Waals surface area contributed by atoms with Crippen LogP contribution in [0, 0.1) is 5.82 Å². The summed E-state index contributed by atoms with van der Waals surface area (Å²) in [4.78, 5) is 28.2. The average Bonchev–Trinajstić information content (AvgIpc) is 3.13. The number of hydrogen-bond acceptors (Lipinski definition) is 4. The van der Waals surface area contributed by atoms with Crippen LogP contribution in [0.2, 0.25) is 0 Å². The van der Waals surface area contributed by atoms with Gasteiger partial charge in [0.05, 0.1) is 24.3 Å². The van der Waals surface area contributed by atoms with E-state index in [2.05, 4.69) is 27.7 Å². The lowest BCUT2D eigenvalue weighted by molar-refractivity contribution is -0.132. The van der Waals surface area contributed by atoms with E-state index in [9.17, 15) is 19.1 Å². The van der Waals surface area contributed by atoms with E-state index in [-0.39, 0.29) is 16.9 Å². The molecule has 1 saturated heterocycles. The quantitative estimate of drug-likeness (QED) is 0.238. The molecule has 3 aromatic carbocycles. The first-order chi connectivity index (χ1) is 17.1. The van der Waals surface area contributed by atoms with Crippen LogP contribution in [0.15, 0.2) is 72.3 Å². The molecule has 0 bridgehead atoms. The number of halogens is 1. The third-order valence-electron chi connectivity index (χ3n) is 6.62. The number of carbonyl (C=O) groups is 2. The lowest BCUT2D eigenvalue weighted by Crippen LogP contribution is -2.29. The van der Waals surface area contributed by atoms with E-state index in [1.807, 2.05) is 36.4 Å². The van der Waals surface area contributed by atoms with Crippen molar-refractivity contribution in [1.29, 1.82) is 0 Å². The molecule has 0 aromatic heterocycles. The van der Waals surface area contributed by atoms with Crippen molar-refractivity contribution >= 4 is 23.1 Å². The summed E-state index contributed by atoms with van der Waals surface area (Å²) in [6, 6.07) is 17.8. The summed E-state index contributed by atoms with van der Waals surface area (Å²) in [7, 11) is 1.39. The number of aliphatic hydroxyl groups is 1. The molecule has 186 valence electrons. The maximum absolute atomic E-state index is 14.1. The van der Waals surface area contributed by atoms with Crippen molar-refractivity contribution < 1.29 is 23.8 Å². The maximum atomic E-state index is 14.1. The van der Waals surface area contributed by atoms with Crippen molar-refractivity contribution in [1.82, 2.24) is 0 Å². The third-order valence-corrected chi connectivity index (χ3v) is 6.62. The average molecular weight is 488 g/mol. The van der Waals surface area contributed by atoms with Gasteiger partial charge in [0, 0.05) is 5.69 Å². The molecule has 1 aliphatic heterocycles. The molecule has 1 atom stereocenters. The number of hydrogen-bond donors (Lipinski definition) is 1. The molecule has 1 heterocycles. The van der Waals surface area contributed by atoms with Crippen LogP contribution in [0.3, 0.4) is 0 Å². The number of carbonyl (C=O) groups excluding carboxylic acids is 2. The summed E-state index contributed by atoms with van der Waals surface area (Å²) in [5.41, 5.74) is 3.28. The van der Waals surface area contributed by atoms with Gasteiger partial charge in [-0.1, -0.05) is 64.1 Å². The third kappa shape index (κ3) is 4.51. The Morgan fingerprint density at radius 1 is 0.889 bits per heavy atom. The summed E-state index contributed by atoms with van der Waals surface area (Å²) < 4.78 is 19.4. The fraction of sp³-hybridized carbons (Fsp3) is 0.267. The minimum absolute atomic E-state index is 0.00876. The van der Waals surface area contributed by atoms with E-state index in [1.54, 1.807) is 12.1 Å². The van der Waals surface area contributed by atoms with Gasteiger partial charge in [-0.2, -0.15) is 0 Å². The molecule has 1 aliphatic rings. The standard InChI is InChI=1S/C30H30FNO4/c1-17(2)19-6-8-21(9-7-19)27-26(28(33)24-16-22(31)12-15-25(24)36-5)29(34)30(35)32(27)23-13-10-20(11-14-23)18(3)4/h6-18,27,33H,1-5H3/b28-26+. The summed E-state index contributed by atoms with van der Waals surface area (Å²) in [5.74, 6) is -1.90. The van der Waals surface area contributed by atoms with Crippen molar-refractivity contribution in [2.45, 2.75) is 45.6 Å². The largest absolute Gasteiger partial charge is 0.507 e. The number of nitrogens with zero attached hydrogens (tertiary/aromatic N) is 1. The Morgan fingerprint density at radius 2 is 1.44 bits per heavy atom. The van der Waals surface area contributed by atoms with Crippen molar-refractivity contribution in [3.8, 4) is 5.75 Å². The first-order valence-corrected chi connectivity index (χ1v) is 12.0. The molecule has 6 heteroatoms. The van der Waals surface area contributed by atoms with Crippen LogP contribution in [0.4, 0.5) is 10.1 Å². The van der Waals surface area contributed by atoms with E-state index >= 15 is 0 Å². The van der Waals surface area contributed by atoms with Crippen LogP contribution in [-0.4, -0.2) is 23.9 Å². The van der Waals surface area contributed by atoms with Crippen molar-refractivity contribution in [2.24, 2.45) is 0 Å². The number of benzene rings is 3. The lowest BCUT2D eigenvalue weighted by atomic mass is 9.92. The number of rotatable bonds is 6. The zero-order chi connectivity index (χ0) is 26.1. The Labute approximate surface area is 210 Å². The van der Waals surface area contributed by atoms with Gasteiger partial charge >= 0.3 is 0 Å². The second kappa shape index (κ2) is 9.97. The zero-order valence-corrected chi connectivity index (χ0v) is 21.1. The molecule has 5 nitrogen and oxygen atoms in total. The van der Waals surface area contributed by atoms with E-state index in [4.69, 9.17) is 4.74 Å². The summed E-state index contributed by atoms with van der Waals surface area (Å²) in [5, 5.41) is 11.3. The highest BCUT2D eigenvalue weighted by molar-refractivity contribution is 6.51. The fourth-order valence-corrected chi connectivity index (χ4v) is 4.51. The Balaban J connectivity index is 1.94. The number of ketones is 1. The van der Waals surface area contributed by atoms with Gasteiger partial charge in [-0.25, -0.2) is 4.39 Å². The summed E-state index contributed by atoms with van der Waals surface area (Å²) >= 11 is 0. The van der Waals surface area contributed by atoms with Crippen molar-refractivity contribution in [3.05, 3.63) is 100 Å². The summed E-state index contributed by atoms with van der Waals surface area (Å²) in [6.07, 6.45) is 0. The van der Waals surface area contributed by atoms with Crippen molar-refractivity contribution in [2.75, 3.05) is 12.0 Å². The monoisotopic (exact) mass is 487 g/mol. The SMILES string of the molecule is COc1ccc(F)cc1/C(O)=C1\C(=O)C(=O)N(c2ccc(C(C)C)cc2)C1c1ccc(C(C)C)cc1. The smallest absolute Gasteiger partial charge is 0.300 e. The van der Waals surface area contributed by atoms with Gasteiger partial charge in [-0.05, 0) is 58.9 Å². The highest BCUT2D eigenvalue weighted by atomic mass is 19.1. The molecule has 36 heavy (non-hydrogen) atoms. The first-order valence-electron chi connectivity index (χ1n) is 12.0. The molecule has 0 aliphatic carbocycles. The molecule has 1 N–H and O–H groups in total. The number of methoxy groups -OCH3 is 1. The normalized spacial score (nSPS) is 17.3. The molecule has 0 saturated carbocycles. The molecule has 1 unspecified atom stereocenters. The van der Waals surface area contributed by atoms with Crippen LogP contribution in [0.5, 0.6) is 5.75 Å². The van der Waals surface area contributed by atoms with E-state index in [0.717, 1.165) is 17.2 Å². The Hall–Kier alpha value is -3.93. The van der Waals surface area contributed by atoms with E-state index in [1.165, 1.54) is 24.1 Å². The molecular formula is C30H30FNO4. The van der Waals surface area contributed by atoms with Gasteiger partial charge in [0.2, 0.25) is 0 Å². The molecule has 1 fully saturated rings. The Kier molecular flexibility index (Phi) is 6.97.